The van der Waals surface area contributed by atoms with Crippen molar-refractivity contribution in [3.8, 4) is 0 Å². The lowest BCUT2D eigenvalue weighted by atomic mass is 10.0. The number of carbonyl (C=O) groups excluding carboxylic acids is 2. The lowest BCUT2D eigenvalue weighted by molar-refractivity contribution is 0.0715. The highest BCUT2D eigenvalue weighted by atomic mass is 32.1. The zero-order valence-electron chi connectivity index (χ0n) is 14.8. The van der Waals surface area contributed by atoms with Crippen molar-refractivity contribution in [1.82, 2.24) is 25.3 Å². The van der Waals surface area contributed by atoms with E-state index in [-0.39, 0.29) is 23.9 Å². The van der Waals surface area contributed by atoms with Crippen molar-refractivity contribution < 1.29 is 14.1 Å². The van der Waals surface area contributed by atoms with Crippen LogP contribution in [-0.2, 0) is 0 Å². The van der Waals surface area contributed by atoms with Gasteiger partial charge >= 0.3 is 6.03 Å². The van der Waals surface area contributed by atoms with Gasteiger partial charge in [-0.1, -0.05) is 5.16 Å². The third kappa shape index (κ3) is 2.96. The molecule has 138 valence electrons. The van der Waals surface area contributed by atoms with Gasteiger partial charge in [0.15, 0.2) is 5.82 Å². The topological polar surface area (TPSA) is 91.6 Å². The van der Waals surface area contributed by atoms with Crippen molar-refractivity contribution in [2.24, 2.45) is 0 Å². The maximum Gasteiger partial charge on any atom is 0.317 e. The van der Waals surface area contributed by atoms with E-state index >= 15 is 0 Å². The van der Waals surface area contributed by atoms with Crippen molar-refractivity contribution in [3.05, 3.63) is 33.6 Å². The van der Waals surface area contributed by atoms with Gasteiger partial charge in [-0.05, 0) is 31.9 Å². The molecule has 0 radical (unpaired) electrons. The minimum Gasteiger partial charge on any atom is -0.341 e. The van der Waals surface area contributed by atoms with Gasteiger partial charge in [-0.2, -0.15) is 4.98 Å². The normalized spacial score (nSPS) is 20.3. The Morgan fingerprint density at radius 2 is 2.15 bits per heavy atom. The number of hydrogen-bond acceptors (Lipinski definition) is 6. The number of rotatable bonds is 3. The van der Waals surface area contributed by atoms with Crippen LogP contribution in [0.5, 0.6) is 0 Å². The molecule has 2 aromatic heterocycles. The summed E-state index contributed by atoms with van der Waals surface area (Å²) in [6.07, 6.45) is 1.75. The number of nitrogens with zero attached hydrogens (tertiary/aromatic N) is 4. The molecule has 1 atom stereocenters. The Hall–Kier alpha value is -2.42. The summed E-state index contributed by atoms with van der Waals surface area (Å²) in [7, 11) is 1.61. The molecule has 0 aromatic carbocycles. The van der Waals surface area contributed by atoms with E-state index in [4.69, 9.17) is 4.52 Å². The van der Waals surface area contributed by atoms with Crippen molar-refractivity contribution in [1.29, 1.82) is 0 Å². The van der Waals surface area contributed by atoms with Crippen molar-refractivity contribution in [3.63, 3.8) is 0 Å². The number of nitrogens with one attached hydrogen (secondary N) is 1. The van der Waals surface area contributed by atoms with Crippen LogP contribution in [0, 0.1) is 6.92 Å². The second-order valence-corrected chi connectivity index (χ2v) is 8.00. The fourth-order valence-electron chi connectivity index (χ4n) is 3.47. The van der Waals surface area contributed by atoms with Gasteiger partial charge in [0.1, 0.15) is 6.04 Å². The molecule has 4 heterocycles. The minimum atomic E-state index is -0.165. The molecule has 2 aliphatic rings. The van der Waals surface area contributed by atoms with E-state index in [2.05, 4.69) is 15.5 Å². The Bertz CT molecular complexity index is 826. The molecule has 2 aliphatic heterocycles. The zero-order valence-corrected chi connectivity index (χ0v) is 15.6. The lowest BCUT2D eigenvalue weighted by Gasteiger charge is -2.36. The van der Waals surface area contributed by atoms with Gasteiger partial charge in [-0.15, -0.1) is 11.3 Å². The van der Waals surface area contributed by atoms with Gasteiger partial charge in [-0.3, -0.25) is 4.79 Å². The number of likely N-dealkylation sites (tertiary alicyclic amines) is 2. The van der Waals surface area contributed by atoms with E-state index in [0.29, 0.717) is 31.3 Å². The highest BCUT2D eigenvalue weighted by Crippen LogP contribution is 2.34. The molecular formula is C17H21N5O3S. The lowest BCUT2D eigenvalue weighted by Crippen LogP contribution is -2.52. The highest BCUT2D eigenvalue weighted by molar-refractivity contribution is 7.13. The van der Waals surface area contributed by atoms with Gasteiger partial charge in [0.25, 0.3) is 5.91 Å². The van der Waals surface area contributed by atoms with E-state index in [0.717, 1.165) is 22.6 Å². The Morgan fingerprint density at radius 3 is 2.85 bits per heavy atom. The summed E-state index contributed by atoms with van der Waals surface area (Å²) < 4.78 is 5.48. The van der Waals surface area contributed by atoms with Gasteiger partial charge < -0.3 is 19.6 Å². The molecule has 9 heteroatoms. The van der Waals surface area contributed by atoms with Crippen LogP contribution in [0.2, 0.25) is 0 Å². The number of carbonyl (C=O) groups is 2. The van der Waals surface area contributed by atoms with Crippen LogP contribution in [0.15, 0.2) is 16.7 Å². The van der Waals surface area contributed by atoms with Crippen molar-refractivity contribution >= 4 is 23.3 Å². The van der Waals surface area contributed by atoms with Gasteiger partial charge in [-0.25, -0.2) is 4.79 Å². The van der Waals surface area contributed by atoms with Crippen LogP contribution < -0.4 is 5.32 Å². The van der Waals surface area contributed by atoms with Gasteiger partial charge in [0, 0.05) is 31.6 Å². The number of aromatic nitrogens is 2. The molecule has 0 spiro atoms. The second kappa shape index (κ2) is 6.71. The average molecular weight is 375 g/mol. The quantitative estimate of drug-likeness (QED) is 0.888. The molecule has 0 aliphatic carbocycles. The monoisotopic (exact) mass is 375 g/mol. The molecule has 4 rings (SSSR count). The first-order chi connectivity index (χ1) is 12.6. The first-order valence-corrected chi connectivity index (χ1v) is 9.56. The minimum absolute atomic E-state index is 0.0276. The Balaban J connectivity index is 1.45. The van der Waals surface area contributed by atoms with Crippen LogP contribution >= 0.6 is 11.3 Å². The van der Waals surface area contributed by atoms with Gasteiger partial charge in [0.2, 0.25) is 5.89 Å². The summed E-state index contributed by atoms with van der Waals surface area (Å²) in [5.41, 5.74) is 0. The molecule has 2 fully saturated rings. The Morgan fingerprint density at radius 1 is 1.35 bits per heavy atom. The summed E-state index contributed by atoms with van der Waals surface area (Å²) in [4.78, 5) is 34.3. The predicted molar refractivity (Wildman–Crippen MR) is 95.1 cm³/mol. The molecule has 2 aromatic rings. The predicted octanol–water partition coefficient (Wildman–Crippen LogP) is 2.16. The summed E-state index contributed by atoms with van der Waals surface area (Å²) in [6.45, 7) is 3.86. The molecule has 3 amide bonds. The third-order valence-corrected chi connectivity index (χ3v) is 5.94. The van der Waals surface area contributed by atoms with E-state index in [9.17, 15) is 9.59 Å². The largest absolute Gasteiger partial charge is 0.341 e. The second-order valence-electron chi connectivity index (χ2n) is 6.71. The molecular weight excluding hydrogens is 354 g/mol. The third-order valence-electron chi connectivity index (χ3n) is 4.96. The number of thiophene rings is 1. The zero-order chi connectivity index (χ0) is 18.3. The molecule has 8 nitrogen and oxygen atoms in total. The first-order valence-electron chi connectivity index (χ1n) is 8.74. The standard InChI is InChI=1S/C17H21N5O3S/c1-10-5-6-13(26-10)16(23)22-7-3-4-12(22)15-19-14(20-25-15)11-8-21(9-11)17(24)18-2/h5-6,11-12H,3-4,7-9H2,1-2H3,(H,18,24). The van der Waals surface area contributed by atoms with Crippen molar-refractivity contribution in [2.75, 3.05) is 26.7 Å². The highest BCUT2D eigenvalue weighted by Gasteiger charge is 2.38. The molecule has 26 heavy (non-hydrogen) atoms. The number of aryl methyl sites for hydroxylation is 1. The van der Waals surface area contributed by atoms with E-state index in [1.54, 1.807) is 11.9 Å². The van der Waals surface area contributed by atoms with Crippen LogP contribution in [0.3, 0.4) is 0 Å². The van der Waals surface area contributed by atoms with Crippen molar-refractivity contribution in [2.45, 2.75) is 31.7 Å². The summed E-state index contributed by atoms with van der Waals surface area (Å²) >= 11 is 1.51. The molecule has 0 bridgehead atoms. The number of amides is 3. The van der Waals surface area contributed by atoms with E-state index < -0.39 is 0 Å². The van der Waals surface area contributed by atoms with Crippen LogP contribution in [-0.4, -0.2) is 58.6 Å². The molecule has 0 saturated carbocycles. The van der Waals surface area contributed by atoms with Gasteiger partial charge in [0.05, 0.1) is 10.8 Å². The number of hydrogen-bond donors (Lipinski definition) is 1. The molecule has 1 unspecified atom stereocenters. The summed E-state index contributed by atoms with van der Waals surface area (Å²) in [6, 6.07) is 3.58. The Kier molecular flexibility index (Phi) is 4.39. The first kappa shape index (κ1) is 17.0. The number of urea groups is 1. The van der Waals surface area contributed by atoms with Crippen LogP contribution in [0.25, 0.3) is 0 Å². The fraction of sp³-hybridized carbons (Fsp3) is 0.529. The molecule has 1 N–H and O–H groups in total. The van der Waals surface area contributed by atoms with Crippen LogP contribution in [0.4, 0.5) is 4.79 Å². The Labute approximate surface area is 155 Å². The van der Waals surface area contributed by atoms with E-state index in [1.165, 1.54) is 11.3 Å². The van der Waals surface area contributed by atoms with Crippen LogP contribution in [0.1, 0.15) is 51.1 Å². The van der Waals surface area contributed by atoms with E-state index in [1.807, 2.05) is 24.0 Å². The molecule has 2 saturated heterocycles. The summed E-state index contributed by atoms with van der Waals surface area (Å²) in [5, 5.41) is 6.70. The SMILES string of the molecule is CNC(=O)N1CC(c2noc(C3CCCN3C(=O)c3ccc(C)s3)n2)C1. The smallest absolute Gasteiger partial charge is 0.317 e. The summed E-state index contributed by atoms with van der Waals surface area (Å²) in [5.74, 6) is 1.24. The maximum absolute atomic E-state index is 12.8. The fourth-order valence-corrected chi connectivity index (χ4v) is 4.30. The average Bonchev–Trinajstić information content (AvgIpc) is 3.32. The maximum atomic E-state index is 12.8.